The molecule has 0 saturated carbocycles. The van der Waals surface area contributed by atoms with Gasteiger partial charge in [-0.2, -0.15) is 0 Å². The Morgan fingerprint density at radius 3 is 2.62 bits per heavy atom. The van der Waals surface area contributed by atoms with Crippen molar-refractivity contribution < 1.29 is 5.11 Å². The van der Waals surface area contributed by atoms with Gasteiger partial charge in [0.05, 0.1) is 0 Å². The van der Waals surface area contributed by atoms with E-state index < -0.39 is 0 Å². The van der Waals surface area contributed by atoms with Crippen molar-refractivity contribution >= 4 is 10.8 Å². The summed E-state index contributed by atoms with van der Waals surface area (Å²) < 4.78 is 0. The Hall–Kier alpha value is -1.58. The standard InChI is InChI=1S/C18H24N2O/c1-13(19)14-8-10-20(11-9-14)12-17-16-5-3-2-4-15(16)6-7-18(17)21/h2-7,13-14,21H,8-12,19H2,1H3. The number of hydrogen-bond donors (Lipinski definition) is 2. The van der Waals surface area contributed by atoms with Gasteiger partial charge < -0.3 is 10.8 Å². The minimum atomic E-state index is 0.290. The molecule has 0 radical (unpaired) electrons. The molecule has 2 aromatic carbocycles. The van der Waals surface area contributed by atoms with Crippen molar-refractivity contribution in [3.63, 3.8) is 0 Å². The van der Waals surface area contributed by atoms with Crippen molar-refractivity contribution in [2.45, 2.75) is 32.4 Å². The Kier molecular flexibility index (Phi) is 4.13. The highest BCUT2D eigenvalue weighted by Crippen LogP contribution is 2.30. The van der Waals surface area contributed by atoms with Crippen LogP contribution in [0.3, 0.4) is 0 Å². The third-order valence-corrected chi connectivity index (χ3v) is 4.77. The second kappa shape index (κ2) is 6.04. The normalized spacial score (nSPS) is 19.0. The van der Waals surface area contributed by atoms with E-state index in [1.54, 1.807) is 0 Å². The van der Waals surface area contributed by atoms with Crippen LogP contribution in [0.1, 0.15) is 25.3 Å². The van der Waals surface area contributed by atoms with Gasteiger partial charge in [0.25, 0.3) is 0 Å². The molecule has 0 aromatic heterocycles. The van der Waals surface area contributed by atoms with Crippen molar-refractivity contribution in [1.82, 2.24) is 4.90 Å². The highest BCUT2D eigenvalue weighted by atomic mass is 16.3. The minimum Gasteiger partial charge on any atom is -0.508 e. The predicted octanol–water partition coefficient (Wildman–Crippen LogP) is 3.10. The number of phenolic OH excluding ortho intramolecular Hbond substituents is 1. The van der Waals surface area contributed by atoms with E-state index in [-0.39, 0.29) is 6.04 Å². The Balaban J connectivity index is 1.78. The average molecular weight is 284 g/mol. The largest absolute Gasteiger partial charge is 0.508 e. The van der Waals surface area contributed by atoms with Crippen LogP contribution in [0.5, 0.6) is 5.75 Å². The van der Waals surface area contributed by atoms with Gasteiger partial charge in [-0.3, -0.25) is 4.90 Å². The van der Waals surface area contributed by atoms with Gasteiger partial charge in [0.15, 0.2) is 0 Å². The van der Waals surface area contributed by atoms with Gasteiger partial charge in [0.2, 0.25) is 0 Å². The lowest BCUT2D eigenvalue weighted by molar-refractivity contribution is 0.165. The van der Waals surface area contributed by atoms with E-state index in [2.05, 4.69) is 24.0 Å². The summed E-state index contributed by atoms with van der Waals surface area (Å²) in [7, 11) is 0. The van der Waals surface area contributed by atoms with Gasteiger partial charge in [-0.25, -0.2) is 0 Å². The highest BCUT2D eigenvalue weighted by Gasteiger charge is 2.22. The number of benzene rings is 2. The first-order valence-electron chi connectivity index (χ1n) is 7.82. The molecule has 0 aliphatic carbocycles. The van der Waals surface area contributed by atoms with Crippen LogP contribution in [0.15, 0.2) is 36.4 Å². The summed E-state index contributed by atoms with van der Waals surface area (Å²) in [5, 5.41) is 12.6. The number of aromatic hydroxyl groups is 1. The van der Waals surface area contributed by atoms with Gasteiger partial charge >= 0.3 is 0 Å². The predicted molar refractivity (Wildman–Crippen MR) is 87.3 cm³/mol. The molecule has 21 heavy (non-hydrogen) atoms. The van der Waals surface area contributed by atoms with Crippen LogP contribution < -0.4 is 5.73 Å². The molecule has 1 aliphatic rings. The fraction of sp³-hybridized carbons (Fsp3) is 0.444. The molecule has 1 fully saturated rings. The Labute approximate surface area is 126 Å². The molecular weight excluding hydrogens is 260 g/mol. The Bertz CT molecular complexity index is 616. The summed E-state index contributed by atoms with van der Waals surface area (Å²) in [5.41, 5.74) is 7.05. The molecule has 3 N–H and O–H groups in total. The zero-order chi connectivity index (χ0) is 14.8. The molecule has 1 aliphatic heterocycles. The van der Waals surface area contributed by atoms with E-state index >= 15 is 0 Å². The lowest BCUT2D eigenvalue weighted by Crippen LogP contribution is -2.39. The number of likely N-dealkylation sites (tertiary alicyclic amines) is 1. The average Bonchev–Trinajstić information content (AvgIpc) is 2.51. The van der Waals surface area contributed by atoms with E-state index in [1.807, 2.05) is 24.3 Å². The van der Waals surface area contributed by atoms with E-state index in [4.69, 9.17) is 5.73 Å². The topological polar surface area (TPSA) is 49.5 Å². The first kappa shape index (κ1) is 14.4. The molecule has 1 saturated heterocycles. The molecular formula is C18H24N2O. The lowest BCUT2D eigenvalue weighted by atomic mass is 9.90. The number of rotatable bonds is 3. The number of phenols is 1. The van der Waals surface area contributed by atoms with Crippen LogP contribution in [-0.4, -0.2) is 29.1 Å². The summed E-state index contributed by atoms with van der Waals surface area (Å²) in [6, 6.07) is 12.4. The van der Waals surface area contributed by atoms with Crippen LogP contribution in [-0.2, 0) is 6.54 Å². The van der Waals surface area contributed by atoms with Crippen LogP contribution in [0.4, 0.5) is 0 Å². The summed E-state index contributed by atoms with van der Waals surface area (Å²) >= 11 is 0. The molecule has 3 heteroatoms. The molecule has 112 valence electrons. The zero-order valence-corrected chi connectivity index (χ0v) is 12.6. The summed E-state index contributed by atoms with van der Waals surface area (Å²) in [6.45, 7) is 5.06. The third kappa shape index (κ3) is 3.04. The molecule has 0 amide bonds. The van der Waals surface area contributed by atoms with Crippen molar-refractivity contribution in [3.05, 3.63) is 42.0 Å². The van der Waals surface area contributed by atoms with Crippen LogP contribution in [0.25, 0.3) is 10.8 Å². The SMILES string of the molecule is CC(N)C1CCN(Cc2c(O)ccc3ccccc23)CC1. The van der Waals surface area contributed by atoms with Crippen LogP contribution in [0.2, 0.25) is 0 Å². The van der Waals surface area contributed by atoms with Crippen LogP contribution >= 0.6 is 0 Å². The Morgan fingerprint density at radius 1 is 1.19 bits per heavy atom. The molecule has 1 heterocycles. The molecule has 0 bridgehead atoms. The number of hydrogen-bond acceptors (Lipinski definition) is 3. The lowest BCUT2D eigenvalue weighted by Gasteiger charge is -2.34. The maximum absolute atomic E-state index is 10.2. The van der Waals surface area contributed by atoms with E-state index in [0.29, 0.717) is 11.7 Å². The molecule has 3 rings (SSSR count). The number of piperidine rings is 1. The van der Waals surface area contributed by atoms with Gasteiger partial charge in [-0.05, 0) is 55.6 Å². The molecule has 1 unspecified atom stereocenters. The smallest absolute Gasteiger partial charge is 0.120 e. The molecule has 3 nitrogen and oxygen atoms in total. The fourth-order valence-corrected chi connectivity index (χ4v) is 3.35. The monoisotopic (exact) mass is 284 g/mol. The minimum absolute atomic E-state index is 0.290. The molecule has 2 aromatic rings. The quantitative estimate of drug-likeness (QED) is 0.910. The summed E-state index contributed by atoms with van der Waals surface area (Å²) in [6.07, 6.45) is 2.31. The first-order valence-corrected chi connectivity index (χ1v) is 7.82. The fourth-order valence-electron chi connectivity index (χ4n) is 3.35. The van der Waals surface area contributed by atoms with Gasteiger partial charge in [-0.15, -0.1) is 0 Å². The highest BCUT2D eigenvalue weighted by molar-refractivity contribution is 5.87. The second-order valence-corrected chi connectivity index (χ2v) is 6.26. The summed E-state index contributed by atoms with van der Waals surface area (Å²) in [5.74, 6) is 1.05. The van der Waals surface area contributed by atoms with E-state index in [9.17, 15) is 5.11 Å². The van der Waals surface area contributed by atoms with Gasteiger partial charge in [-0.1, -0.05) is 30.3 Å². The van der Waals surface area contributed by atoms with E-state index in [1.165, 1.54) is 5.39 Å². The number of fused-ring (bicyclic) bond motifs is 1. The number of nitrogens with zero attached hydrogens (tertiary/aromatic N) is 1. The maximum atomic E-state index is 10.2. The third-order valence-electron chi connectivity index (χ3n) is 4.77. The zero-order valence-electron chi connectivity index (χ0n) is 12.6. The van der Waals surface area contributed by atoms with Crippen LogP contribution in [0, 0.1) is 5.92 Å². The molecule has 1 atom stereocenters. The maximum Gasteiger partial charge on any atom is 0.120 e. The van der Waals surface area contributed by atoms with Crippen molar-refractivity contribution in [2.75, 3.05) is 13.1 Å². The Morgan fingerprint density at radius 2 is 1.90 bits per heavy atom. The second-order valence-electron chi connectivity index (χ2n) is 6.26. The van der Waals surface area contributed by atoms with Crippen molar-refractivity contribution in [1.29, 1.82) is 0 Å². The molecule has 0 spiro atoms. The summed E-state index contributed by atoms with van der Waals surface area (Å²) in [4.78, 5) is 2.43. The van der Waals surface area contributed by atoms with Gasteiger partial charge in [0, 0.05) is 18.2 Å². The van der Waals surface area contributed by atoms with Crippen molar-refractivity contribution in [3.8, 4) is 5.75 Å². The van der Waals surface area contributed by atoms with Gasteiger partial charge in [0.1, 0.15) is 5.75 Å². The van der Waals surface area contributed by atoms with E-state index in [0.717, 1.165) is 43.4 Å². The number of nitrogens with two attached hydrogens (primary N) is 1. The first-order chi connectivity index (χ1) is 10.1. The van der Waals surface area contributed by atoms with Crippen molar-refractivity contribution in [2.24, 2.45) is 11.7 Å².